The van der Waals surface area contributed by atoms with Crippen molar-refractivity contribution in [1.29, 1.82) is 0 Å². The summed E-state index contributed by atoms with van der Waals surface area (Å²) >= 11 is 6.52. The minimum absolute atomic E-state index is 0.0404. The molecule has 0 saturated heterocycles. The number of aryl methyl sites for hydroxylation is 2. The van der Waals surface area contributed by atoms with Crippen molar-refractivity contribution in [2.75, 3.05) is 0 Å². The first-order valence-electron chi connectivity index (χ1n) is 11.2. The van der Waals surface area contributed by atoms with Crippen LogP contribution in [0.25, 0.3) is 16.9 Å². The molecular formula is C26H25ClFN5O3. The van der Waals surface area contributed by atoms with E-state index >= 15 is 0 Å². The molecule has 1 aromatic carbocycles. The van der Waals surface area contributed by atoms with Crippen LogP contribution < -0.4 is 10.3 Å². The van der Waals surface area contributed by atoms with Crippen LogP contribution in [0.4, 0.5) is 4.39 Å². The van der Waals surface area contributed by atoms with E-state index in [9.17, 15) is 14.3 Å². The van der Waals surface area contributed by atoms with Gasteiger partial charge in [0.15, 0.2) is 5.82 Å². The van der Waals surface area contributed by atoms with Gasteiger partial charge in [0, 0.05) is 11.8 Å². The van der Waals surface area contributed by atoms with Gasteiger partial charge in [-0.3, -0.25) is 9.36 Å². The van der Waals surface area contributed by atoms with Crippen LogP contribution in [-0.4, -0.2) is 29.6 Å². The monoisotopic (exact) mass is 509 g/mol. The predicted octanol–water partition coefficient (Wildman–Crippen LogP) is 4.61. The van der Waals surface area contributed by atoms with E-state index in [1.54, 1.807) is 58.2 Å². The summed E-state index contributed by atoms with van der Waals surface area (Å²) in [6.45, 7) is 8.31. The second-order valence-corrected chi connectivity index (χ2v) is 9.33. The molecule has 0 aliphatic heterocycles. The second-order valence-electron chi connectivity index (χ2n) is 8.92. The summed E-state index contributed by atoms with van der Waals surface area (Å²) in [6, 6.07) is 9.61. The van der Waals surface area contributed by atoms with Crippen LogP contribution in [0.5, 0.6) is 5.88 Å². The number of hydrogen-bond acceptors (Lipinski definition) is 7. The van der Waals surface area contributed by atoms with Gasteiger partial charge in [-0.15, -0.1) is 0 Å². The normalized spacial score (nSPS) is 11.6. The summed E-state index contributed by atoms with van der Waals surface area (Å²) in [5.74, 6) is 0.146. The van der Waals surface area contributed by atoms with Crippen LogP contribution >= 0.6 is 11.6 Å². The molecule has 0 amide bonds. The number of aliphatic hydroxyl groups is 1. The van der Waals surface area contributed by atoms with E-state index < -0.39 is 11.5 Å². The first kappa shape index (κ1) is 25.4. The molecule has 186 valence electrons. The van der Waals surface area contributed by atoms with Gasteiger partial charge in [-0.05, 0) is 64.4 Å². The van der Waals surface area contributed by atoms with E-state index in [0.717, 1.165) is 5.56 Å². The van der Waals surface area contributed by atoms with Crippen molar-refractivity contribution >= 4 is 11.6 Å². The minimum atomic E-state index is -1.22. The smallest absolute Gasteiger partial charge is 0.264 e. The molecule has 3 heterocycles. The van der Waals surface area contributed by atoms with Gasteiger partial charge >= 0.3 is 0 Å². The van der Waals surface area contributed by atoms with Gasteiger partial charge in [0.2, 0.25) is 11.8 Å². The summed E-state index contributed by atoms with van der Waals surface area (Å²) < 4.78 is 20.5. The van der Waals surface area contributed by atoms with Gasteiger partial charge in [0.05, 0.1) is 27.7 Å². The molecule has 0 aliphatic carbocycles. The summed E-state index contributed by atoms with van der Waals surface area (Å²) in [6.07, 6.45) is 1.65. The molecule has 0 fully saturated rings. The molecular weight excluding hydrogens is 485 g/mol. The molecule has 0 atom stereocenters. The molecule has 36 heavy (non-hydrogen) atoms. The fourth-order valence-corrected chi connectivity index (χ4v) is 3.85. The molecule has 0 saturated carbocycles. The molecule has 0 bridgehead atoms. The quantitative estimate of drug-likeness (QED) is 0.378. The number of aromatic nitrogens is 5. The van der Waals surface area contributed by atoms with Crippen LogP contribution in [0.15, 0.2) is 47.4 Å². The Morgan fingerprint density at radius 1 is 1.11 bits per heavy atom. The summed E-state index contributed by atoms with van der Waals surface area (Å²) in [5.41, 5.74) is 1.58. The van der Waals surface area contributed by atoms with Crippen molar-refractivity contribution < 1.29 is 14.2 Å². The van der Waals surface area contributed by atoms with E-state index in [1.165, 1.54) is 16.7 Å². The standard InChI is InChI=1S/C26H25ClFN5O3/c1-14-12-29-25(26(4,5)35)32-22(14)17-9-10-19(27)20(11-17)33-16(3)30-23(15(2)24(33)34)36-13-18-7-6-8-21(28)31-18/h6-12,35H,13H2,1-5H3. The highest BCUT2D eigenvalue weighted by Gasteiger charge is 2.22. The van der Waals surface area contributed by atoms with Crippen LogP contribution in [0.2, 0.25) is 5.02 Å². The van der Waals surface area contributed by atoms with Crippen molar-refractivity contribution in [3.63, 3.8) is 0 Å². The van der Waals surface area contributed by atoms with E-state index in [0.29, 0.717) is 33.5 Å². The van der Waals surface area contributed by atoms with E-state index in [4.69, 9.17) is 16.3 Å². The lowest BCUT2D eigenvalue weighted by molar-refractivity contribution is 0.0688. The van der Waals surface area contributed by atoms with E-state index in [-0.39, 0.29) is 29.4 Å². The van der Waals surface area contributed by atoms with Crippen molar-refractivity contribution in [2.45, 2.75) is 46.8 Å². The zero-order valence-corrected chi connectivity index (χ0v) is 21.3. The molecule has 0 radical (unpaired) electrons. The largest absolute Gasteiger partial charge is 0.471 e. The lowest BCUT2D eigenvalue weighted by Gasteiger charge is -2.18. The molecule has 3 aromatic heterocycles. The second kappa shape index (κ2) is 9.75. The van der Waals surface area contributed by atoms with Crippen LogP contribution in [0.3, 0.4) is 0 Å². The maximum absolute atomic E-state index is 13.4. The third kappa shape index (κ3) is 5.12. The Morgan fingerprint density at radius 3 is 2.56 bits per heavy atom. The predicted molar refractivity (Wildman–Crippen MR) is 134 cm³/mol. The Bertz CT molecular complexity index is 1510. The molecule has 8 nitrogen and oxygen atoms in total. The Balaban J connectivity index is 1.75. The third-order valence-corrected chi connectivity index (χ3v) is 5.86. The maximum Gasteiger partial charge on any atom is 0.264 e. The van der Waals surface area contributed by atoms with Crippen LogP contribution in [0, 0.1) is 26.7 Å². The highest BCUT2D eigenvalue weighted by atomic mass is 35.5. The first-order valence-corrected chi connectivity index (χ1v) is 11.5. The summed E-state index contributed by atoms with van der Waals surface area (Å²) in [4.78, 5) is 30.4. The van der Waals surface area contributed by atoms with Crippen molar-refractivity contribution in [1.82, 2.24) is 24.5 Å². The average molecular weight is 510 g/mol. The SMILES string of the molecule is Cc1cnc(C(C)(C)O)nc1-c1ccc(Cl)c(-n2c(C)nc(OCc3cccc(F)n3)c(C)c2=O)c1. The van der Waals surface area contributed by atoms with Gasteiger partial charge < -0.3 is 9.84 Å². The highest BCUT2D eigenvalue weighted by molar-refractivity contribution is 6.32. The Kier molecular flexibility index (Phi) is 6.88. The lowest BCUT2D eigenvalue weighted by atomic mass is 10.0. The fourth-order valence-electron chi connectivity index (χ4n) is 3.64. The number of halogens is 2. The number of rotatable bonds is 6. The topological polar surface area (TPSA) is 103 Å². The summed E-state index contributed by atoms with van der Waals surface area (Å²) in [7, 11) is 0. The molecule has 4 aromatic rings. The molecule has 4 rings (SSSR count). The van der Waals surface area contributed by atoms with Gasteiger partial charge in [-0.1, -0.05) is 23.7 Å². The van der Waals surface area contributed by atoms with Crippen molar-refractivity contribution in [3.05, 3.63) is 92.4 Å². The zero-order valence-electron chi connectivity index (χ0n) is 20.5. The molecule has 0 unspecified atom stereocenters. The lowest BCUT2D eigenvalue weighted by Crippen LogP contribution is -2.25. The number of hydrogen-bond donors (Lipinski definition) is 1. The van der Waals surface area contributed by atoms with Crippen LogP contribution in [-0.2, 0) is 12.2 Å². The Labute approximate surface area is 212 Å². The third-order valence-electron chi connectivity index (χ3n) is 5.54. The molecule has 0 spiro atoms. The Hall–Kier alpha value is -3.69. The minimum Gasteiger partial charge on any atom is -0.471 e. The first-order chi connectivity index (χ1) is 17.0. The summed E-state index contributed by atoms with van der Waals surface area (Å²) in [5, 5.41) is 10.7. The number of pyridine rings is 1. The molecule has 0 aliphatic rings. The van der Waals surface area contributed by atoms with Gasteiger partial charge in [0.1, 0.15) is 18.0 Å². The zero-order chi connectivity index (χ0) is 26.2. The van der Waals surface area contributed by atoms with Gasteiger partial charge in [-0.25, -0.2) is 15.0 Å². The number of nitrogens with zero attached hydrogens (tertiary/aromatic N) is 5. The highest BCUT2D eigenvalue weighted by Crippen LogP contribution is 2.30. The van der Waals surface area contributed by atoms with Crippen molar-refractivity contribution in [3.8, 4) is 22.8 Å². The van der Waals surface area contributed by atoms with Crippen molar-refractivity contribution in [2.24, 2.45) is 0 Å². The molecule has 1 N–H and O–H groups in total. The van der Waals surface area contributed by atoms with Gasteiger partial charge in [-0.2, -0.15) is 9.37 Å². The van der Waals surface area contributed by atoms with Crippen LogP contribution in [0.1, 0.15) is 42.3 Å². The Morgan fingerprint density at radius 2 is 1.86 bits per heavy atom. The fraction of sp³-hybridized carbons (Fsp3) is 0.269. The number of benzene rings is 1. The van der Waals surface area contributed by atoms with E-state index in [1.807, 2.05) is 6.92 Å². The molecule has 10 heteroatoms. The average Bonchev–Trinajstić information content (AvgIpc) is 2.81. The number of ether oxygens (including phenoxy) is 1. The van der Waals surface area contributed by atoms with E-state index in [2.05, 4.69) is 19.9 Å². The maximum atomic E-state index is 13.4. The van der Waals surface area contributed by atoms with Gasteiger partial charge in [0.25, 0.3) is 5.56 Å².